The van der Waals surface area contributed by atoms with E-state index in [1.807, 2.05) is 0 Å². The molecule has 1 fully saturated rings. The maximum Gasteiger partial charge on any atom is 0.206 e. The standard InChI is InChI=1S/C12H11Cl3N2O3/c1-4-9(18)10(19)11(20-4)17-8-3-6(14)5(13)2-7(8)16-12(17)15/h2-4,9-11,18-19H,1H3/t4-,9-,10-,11?/m1/s1. The number of hydrogen-bond acceptors (Lipinski definition) is 4. The molecule has 0 aliphatic carbocycles. The van der Waals surface area contributed by atoms with Crippen LogP contribution in [0.25, 0.3) is 11.0 Å². The molecule has 1 saturated heterocycles. The SMILES string of the molecule is C[C@H]1OC(n2c(Cl)nc3cc(Cl)c(Cl)cc32)[C@H](O)[C@@H]1O. The molecule has 1 aliphatic heterocycles. The van der Waals surface area contributed by atoms with Gasteiger partial charge in [-0.3, -0.25) is 4.57 Å². The first-order valence-electron chi connectivity index (χ1n) is 5.94. The van der Waals surface area contributed by atoms with Crippen LogP contribution in [0.3, 0.4) is 0 Å². The number of aliphatic hydroxyl groups is 2. The van der Waals surface area contributed by atoms with Gasteiger partial charge in [-0.15, -0.1) is 0 Å². The van der Waals surface area contributed by atoms with Crippen molar-refractivity contribution in [3.63, 3.8) is 0 Å². The molecule has 2 N–H and O–H groups in total. The maximum absolute atomic E-state index is 10.1. The summed E-state index contributed by atoms with van der Waals surface area (Å²) in [6.45, 7) is 1.67. The number of ether oxygens (including phenoxy) is 1. The molecule has 0 radical (unpaired) electrons. The summed E-state index contributed by atoms with van der Waals surface area (Å²) >= 11 is 18.0. The van der Waals surface area contributed by atoms with Crippen LogP contribution in [0.2, 0.25) is 15.3 Å². The Morgan fingerprint density at radius 3 is 2.40 bits per heavy atom. The molecular formula is C12H11Cl3N2O3. The Bertz CT molecular complexity index is 676. The summed E-state index contributed by atoms with van der Waals surface area (Å²) in [5, 5.41) is 20.7. The lowest BCUT2D eigenvalue weighted by molar-refractivity contribution is -0.0294. The Morgan fingerprint density at radius 2 is 1.80 bits per heavy atom. The molecule has 1 aromatic heterocycles. The number of fused-ring (bicyclic) bond motifs is 1. The van der Waals surface area contributed by atoms with Gasteiger partial charge in [0.05, 0.1) is 27.2 Å². The van der Waals surface area contributed by atoms with E-state index >= 15 is 0 Å². The Hall–Kier alpha value is -0.560. The molecule has 0 amide bonds. The number of rotatable bonds is 1. The molecule has 0 saturated carbocycles. The molecular weight excluding hydrogens is 327 g/mol. The molecule has 0 bridgehead atoms. The zero-order valence-corrected chi connectivity index (χ0v) is 12.6. The molecule has 2 heterocycles. The number of aliphatic hydroxyl groups excluding tert-OH is 2. The Balaban J connectivity index is 2.17. The van der Waals surface area contributed by atoms with Gasteiger partial charge in [0, 0.05) is 0 Å². The van der Waals surface area contributed by atoms with E-state index in [1.54, 1.807) is 19.1 Å². The molecule has 108 valence electrons. The van der Waals surface area contributed by atoms with E-state index in [9.17, 15) is 10.2 Å². The predicted octanol–water partition coefficient (Wildman–Crippen LogP) is 2.64. The van der Waals surface area contributed by atoms with Crippen LogP contribution in [0.4, 0.5) is 0 Å². The summed E-state index contributed by atoms with van der Waals surface area (Å²) in [5.74, 6) is 0. The minimum absolute atomic E-state index is 0.128. The second-order valence-corrected chi connectivity index (χ2v) is 5.87. The van der Waals surface area contributed by atoms with Crippen molar-refractivity contribution in [2.75, 3.05) is 0 Å². The predicted molar refractivity (Wildman–Crippen MR) is 76.4 cm³/mol. The van der Waals surface area contributed by atoms with Gasteiger partial charge in [-0.2, -0.15) is 0 Å². The van der Waals surface area contributed by atoms with Crippen molar-refractivity contribution < 1.29 is 14.9 Å². The van der Waals surface area contributed by atoms with E-state index in [1.165, 1.54) is 4.57 Å². The minimum atomic E-state index is -1.10. The molecule has 0 spiro atoms. The number of imidazole rings is 1. The van der Waals surface area contributed by atoms with Gasteiger partial charge in [-0.25, -0.2) is 4.98 Å². The zero-order chi connectivity index (χ0) is 14.6. The molecule has 1 unspecified atom stereocenters. The zero-order valence-electron chi connectivity index (χ0n) is 10.3. The highest BCUT2D eigenvalue weighted by Gasteiger charge is 2.42. The van der Waals surface area contributed by atoms with Gasteiger partial charge in [0.25, 0.3) is 0 Å². The molecule has 2 aromatic rings. The highest BCUT2D eigenvalue weighted by atomic mass is 35.5. The molecule has 1 aliphatic rings. The van der Waals surface area contributed by atoms with E-state index in [2.05, 4.69) is 4.98 Å². The van der Waals surface area contributed by atoms with E-state index < -0.39 is 24.5 Å². The average Bonchev–Trinajstić information content (AvgIpc) is 2.81. The van der Waals surface area contributed by atoms with Crippen LogP contribution in [-0.4, -0.2) is 38.1 Å². The van der Waals surface area contributed by atoms with Gasteiger partial charge in [0.15, 0.2) is 6.23 Å². The summed E-state index contributed by atoms with van der Waals surface area (Å²) in [4.78, 5) is 4.16. The topological polar surface area (TPSA) is 67.5 Å². The molecule has 4 atom stereocenters. The molecule has 20 heavy (non-hydrogen) atoms. The Kier molecular flexibility index (Phi) is 3.61. The third-order valence-electron chi connectivity index (χ3n) is 3.42. The van der Waals surface area contributed by atoms with Crippen LogP contribution >= 0.6 is 34.8 Å². The Labute approximate surface area is 129 Å². The summed E-state index contributed by atoms with van der Waals surface area (Å²) in [6, 6.07) is 3.19. The van der Waals surface area contributed by atoms with Crippen molar-refractivity contribution in [1.82, 2.24) is 9.55 Å². The van der Waals surface area contributed by atoms with Gasteiger partial charge >= 0.3 is 0 Å². The summed E-state index contributed by atoms with van der Waals surface area (Å²) in [5.41, 5.74) is 1.11. The van der Waals surface area contributed by atoms with Crippen LogP contribution in [0, 0.1) is 0 Å². The van der Waals surface area contributed by atoms with Gasteiger partial charge < -0.3 is 14.9 Å². The number of nitrogens with zero attached hydrogens (tertiary/aromatic N) is 2. The average molecular weight is 338 g/mol. The molecule has 3 rings (SSSR count). The summed E-state index contributed by atoms with van der Waals surface area (Å²) in [7, 11) is 0. The lowest BCUT2D eigenvalue weighted by Gasteiger charge is -2.18. The minimum Gasteiger partial charge on any atom is -0.388 e. The van der Waals surface area contributed by atoms with Gasteiger partial charge in [0.2, 0.25) is 5.28 Å². The van der Waals surface area contributed by atoms with Crippen LogP contribution < -0.4 is 0 Å². The molecule has 5 nitrogen and oxygen atoms in total. The monoisotopic (exact) mass is 336 g/mol. The van der Waals surface area contributed by atoms with Crippen molar-refractivity contribution in [3.05, 3.63) is 27.5 Å². The first kappa shape index (κ1) is 14.4. The quantitative estimate of drug-likeness (QED) is 0.839. The van der Waals surface area contributed by atoms with Crippen LogP contribution in [0.1, 0.15) is 13.2 Å². The molecule has 8 heteroatoms. The van der Waals surface area contributed by atoms with E-state index in [0.29, 0.717) is 21.1 Å². The third-order valence-corrected chi connectivity index (χ3v) is 4.41. The van der Waals surface area contributed by atoms with Crippen molar-refractivity contribution >= 4 is 45.8 Å². The van der Waals surface area contributed by atoms with E-state index in [0.717, 1.165) is 0 Å². The first-order chi connectivity index (χ1) is 9.40. The second-order valence-electron chi connectivity index (χ2n) is 4.72. The highest BCUT2D eigenvalue weighted by molar-refractivity contribution is 6.42. The lowest BCUT2D eigenvalue weighted by Crippen LogP contribution is -2.30. The third kappa shape index (κ3) is 2.09. The highest BCUT2D eigenvalue weighted by Crippen LogP contribution is 2.36. The van der Waals surface area contributed by atoms with E-state index in [-0.39, 0.29) is 5.28 Å². The summed E-state index contributed by atoms with van der Waals surface area (Å²) in [6.07, 6.45) is -3.42. The number of hydrogen-bond donors (Lipinski definition) is 2. The number of aromatic nitrogens is 2. The van der Waals surface area contributed by atoms with Gasteiger partial charge in [-0.1, -0.05) is 23.2 Å². The van der Waals surface area contributed by atoms with Crippen molar-refractivity contribution in [1.29, 1.82) is 0 Å². The summed E-state index contributed by atoms with van der Waals surface area (Å²) < 4.78 is 7.05. The van der Waals surface area contributed by atoms with Crippen LogP contribution in [0.5, 0.6) is 0 Å². The largest absolute Gasteiger partial charge is 0.388 e. The number of halogens is 3. The van der Waals surface area contributed by atoms with Crippen LogP contribution in [0.15, 0.2) is 12.1 Å². The fourth-order valence-electron chi connectivity index (χ4n) is 2.34. The second kappa shape index (κ2) is 5.02. The van der Waals surface area contributed by atoms with Crippen molar-refractivity contribution in [2.24, 2.45) is 0 Å². The van der Waals surface area contributed by atoms with Crippen molar-refractivity contribution in [2.45, 2.75) is 31.5 Å². The molecule has 1 aromatic carbocycles. The fraction of sp³-hybridized carbons (Fsp3) is 0.417. The fourth-order valence-corrected chi connectivity index (χ4v) is 2.94. The van der Waals surface area contributed by atoms with Crippen molar-refractivity contribution in [3.8, 4) is 0 Å². The van der Waals surface area contributed by atoms with E-state index in [4.69, 9.17) is 39.5 Å². The van der Waals surface area contributed by atoms with Gasteiger partial charge in [0.1, 0.15) is 12.2 Å². The van der Waals surface area contributed by atoms with Gasteiger partial charge in [-0.05, 0) is 30.7 Å². The number of benzene rings is 1. The maximum atomic E-state index is 10.1. The van der Waals surface area contributed by atoms with Crippen LogP contribution in [-0.2, 0) is 4.74 Å². The lowest BCUT2D eigenvalue weighted by atomic mass is 10.1. The first-order valence-corrected chi connectivity index (χ1v) is 7.07. The normalized spacial score (nSPS) is 30.3. The smallest absolute Gasteiger partial charge is 0.206 e. The Morgan fingerprint density at radius 1 is 1.15 bits per heavy atom.